The van der Waals surface area contributed by atoms with Gasteiger partial charge in [0.25, 0.3) is 0 Å². The third-order valence-corrected chi connectivity index (χ3v) is 4.14. The van der Waals surface area contributed by atoms with Gasteiger partial charge < -0.3 is 9.47 Å². The summed E-state index contributed by atoms with van der Waals surface area (Å²) in [5, 5.41) is 0.659. The van der Waals surface area contributed by atoms with E-state index in [1.54, 1.807) is 0 Å². The third-order valence-electron chi connectivity index (χ3n) is 3.92. The van der Waals surface area contributed by atoms with Gasteiger partial charge in [0.2, 0.25) is 12.6 Å². The van der Waals surface area contributed by atoms with Gasteiger partial charge in [-0.15, -0.1) is 0 Å². The van der Waals surface area contributed by atoms with Crippen LogP contribution in [0.1, 0.15) is 68.1 Å². The number of hydrogen-bond donors (Lipinski definition) is 0. The predicted molar refractivity (Wildman–Crippen MR) is 103 cm³/mol. The topological polar surface area (TPSA) is 27.7 Å². The van der Waals surface area contributed by atoms with E-state index in [4.69, 9.17) is 25.8 Å². The summed E-state index contributed by atoms with van der Waals surface area (Å²) in [6, 6.07) is 7.90. The molecule has 2 aromatic carbocycles. The van der Waals surface area contributed by atoms with Crippen molar-refractivity contribution in [3.05, 3.63) is 57.1 Å². The van der Waals surface area contributed by atoms with Crippen molar-refractivity contribution in [2.24, 2.45) is 0 Å². The number of rotatable bonds is 0. The minimum Gasteiger partial charge on any atom is -0.459 e. The van der Waals surface area contributed by atoms with E-state index in [0.717, 1.165) is 33.8 Å². The highest BCUT2D eigenvalue weighted by Gasteiger charge is 2.39. The first-order chi connectivity index (χ1) is 12.0. The van der Waals surface area contributed by atoms with Crippen LogP contribution in [0.2, 0.25) is 5.02 Å². The minimum absolute atomic E-state index is 0.426. The average Bonchev–Trinajstić information content (AvgIpc) is 2.61. The molecule has 136 valence electrons. The van der Waals surface area contributed by atoms with Crippen molar-refractivity contribution in [1.82, 2.24) is 0 Å². The number of benzene rings is 2. The molecule has 25 heavy (non-hydrogen) atoms. The molecule has 0 fully saturated rings. The van der Waals surface area contributed by atoms with Crippen molar-refractivity contribution in [1.29, 1.82) is 0 Å². The van der Waals surface area contributed by atoms with Crippen molar-refractivity contribution in [3.63, 3.8) is 0 Å². The van der Waals surface area contributed by atoms with Gasteiger partial charge in [-0.1, -0.05) is 50.9 Å². The van der Waals surface area contributed by atoms with Crippen molar-refractivity contribution in [3.8, 4) is 11.5 Å². The number of aryl methyl sites for hydroxylation is 3. The maximum absolute atomic E-state index is 6.14. The van der Waals surface area contributed by atoms with E-state index < -0.39 is 12.6 Å². The molecule has 2 aliphatic heterocycles. The van der Waals surface area contributed by atoms with E-state index in [0.29, 0.717) is 5.02 Å². The minimum atomic E-state index is -0.468. The molecule has 2 atom stereocenters. The van der Waals surface area contributed by atoms with Crippen molar-refractivity contribution < 1.29 is 14.2 Å². The molecular formula is C21H27ClO3. The molecule has 0 saturated carbocycles. The maximum Gasteiger partial charge on any atom is 0.234 e. The van der Waals surface area contributed by atoms with Crippen molar-refractivity contribution in [2.75, 3.05) is 0 Å². The summed E-state index contributed by atoms with van der Waals surface area (Å²) in [5.74, 6) is 1.66. The molecule has 0 aromatic heterocycles. The van der Waals surface area contributed by atoms with Crippen LogP contribution in [0.25, 0.3) is 0 Å². The first kappa shape index (κ1) is 19.6. The summed E-state index contributed by atoms with van der Waals surface area (Å²) >= 11 is 6.14. The highest BCUT2D eigenvalue weighted by molar-refractivity contribution is 6.30. The Morgan fingerprint density at radius 1 is 0.720 bits per heavy atom. The van der Waals surface area contributed by atoms with Gasteiger partial charge in [-0.3, -0.25) is 4.74 Å². The highest BCUT2D eigenvalue weighted by atomic mass is 35.5. The third kappa shape index (κ3) is 3.63. The summed E-state index contributed by atoms with van der Waals surface area (Å²) in [7, 11) is 0. The van der Waals surface area contributed by atoms with E-state index in [2.05, 4.69) is 19.1 Å². The van der Waals surface area contributed by atoms with Gasteiger partial charge in [0.05, 0.1) is 11.1 Å². The number of ether oxygens (including phenoxy) is 3. The largest absolute Gasteiger partial charge is 0.459 e. The second-order valence-electron chi connectivity index (χ2n) is 5.68. The van der Waals surface area contributed by atoms with Gasteiger partial charge in [0.15, 0.2) is 0 Å². The Morgan fingerprint density at radius 2 is 1.20 bits per heavy atom. The lowest BCUT2D eigenvalue weighted by Crippen LogP contribution is -2.31. The van der Waals surface area contributed by atoms with Crippen LogP contribution in [0.4, 0.5) is 0 Å². The Labute approximate surface area is 155 Å². The molecule has 0 spiro atoms. The summed E-state index contributed by atoms with van der Waals surface area (Å²) in [4.78, 5) is 0. The highest BCUT2D eigenvalue weighted by Crippen LogP contribution is 2.50. The van der Waals surface area contributed by atoms with Crippen molar-refractivity contribution in [2.45, 2.75) is 61.0 Å². The van der Waals surface area contributed by atoms with Crippen LogP contribution in [0, 0.1) is 20.8 Å². The van der Waals surface area contributed by atoms with Crippen LogP contribution in [0.3, 0.4) is 0 Å². The van der Waals surface area contributed by atoms with Crippen LogP contribution in [-0.4, -0.2) is 0 Å². The summed E-state index contributed by atoms with van der Waals surface area (Å²) in [6.07, 6.45) is -0.894. The molecule has 2 aromatic rings. The van der Waals surface area contributed by atoms with Gasteiger partial charge in [0, 0.05) is 5.02 Å². The Balaban J connectivity index is 0.000000528. The molecule has 2 heterocycles. The molecule has 0 amide bonds. The molecule has 0 radical (unpaired) electrons. The first-order valence-electron chi connectivity index (χ1n) is 8.93. The zero-order valence-electron chi connectivity index (χ0n) is 16.1. The number of hydrogen-bond acceptors (Lipinski definition) is 3. The lowest BCUT2D eigenvalue weighted by atomic mass is 10.0. The van der Waals surface area contributed by atoms with E-state index >= 15 is 0 Å². The van der Waals surface area contributed by atoms with Crippen LogP contribution < -0.4 is 9.47 Å². The summed E-state index contributed by atoms with van der Waals surface area (Å²) in [6.45, 7) is 14.1. The molecule has 4 heteroatoms. The van der Waals surface area contributed by atoms with Crippen LogP contribution in [0.15, 0.2) is 24.3 Å². The maximum atomic E-state index is 6.14. The fourth-order valence-electron chi connectivity index (χ4n) is 3.07. The second kappa shape index (κ2) is 8.11. The molecule has 3 nitrogen and oxygen atoms in total. The molecule has 2 bridgehead atoms. The zero-order chi connectivity index (χ0) is 18.7. The molecule has 0 aliphatic carbocycles. The number of halogens is 1. The average molecular weight is 363 g/mol. The summed E-state index contributed by atoms with van der Waals surface area (Å²) < 4.78 is 18.0. The van der Waals surface area contributed by atoms with E-state index in [-0.39, 0.29) is 0 Å². The van der Waals surface area contributed by atoms with Crippen LogP contribution in [0.5, 0.6) is 11.5 Å². The van der Waals surface area contributed by atoms with E-state index in [1.807, 2.05) is 53.7 Å². The van der Waals surface area contributed by atoms with E-state index in [9.17, 15) is 0 Å². The molecule has 4 rings (SSSR count). The molecule has 2 aliphatic rings. The summed E-state index contributed by atoms with van der Waals surface area (Å²) in [5.41, 5.74) is 5.05. The first-order valence-corrected chi connectivity index (χ1v) is 9.30. The van der Waals surface area contributed by atoms with Crippen LogP contribution >= 0.6 is 11.6 Å². The molecule has 0 N–H and O–H groups in total. The fraction of sp³-hybridized carbons (Fsp3) is 0.429. The van der Waals surface area contributed by atoms with Gasteiger partial charge in [-0.2, -0.15) is 0 Å². The predicted octanol–water partition coefficient (Wildman–Crippen LogP) is 6.82. The Kier molecular flexibility index (Phi) is 6.36. The van der Waals surface area contributed by atoms with Gasteiger partial charge in [-0.05, 0) is 50.1 Å². The van der Waals surface area contributed by atoms with Crippen LogP contribution in [-0.2, 0) is 4.74 Å². The standard InChI is InChI=1S/C17H15ClO3.2C2H6/c1-8-4-9(2)14-12(5-8)16-20-15-10(3)6-11(18)7-13(15)17(19-14)21-16;2*1-2/h4-7,16-17H,1-3H3;2*1-2H3. The Bertz CT molecular complexity index is 692. The molecular weight excluding hydrogens is 336 g/mol. The zero-order valence-corrected chi connectivity index (χ0v) is 16.8. The lowest BCUT2D eigenvalue weighted by Gasteiger charge is -2.39. The quantitative estimate of drug-likeness (QED) is 0.514. The van der Waals surface area contributed by atoms with E-state index in [1.165, 1.54) is 5.56 Å². The molecule has 0 saturated heterocycles. The normalized spacial score (nSPS) is 18.9. The lowest BCUT2D eigenvalue weighted by molar-refractivity contribution is -0.228. The SMILES string of the molecule is CC.CC.Cc1cc(C)c2c(c1)C1Oc3c(C)cc(Cl)cc3C(O2)O1. The number of fused-ring (bicyclic) bond motifs is 6. The van der Waals surface area contributed by atoms with Gasteiger partial charge >= 0.3 is 0 Å². The smallest absolute Gasteiger partial charge is 0.234 e. The van der Waals surface area contributed by atoms with Gasteiger partial charge in [0.1, 0.15) is 11.5 Å². The Morgan fingerprint density at radius 3 is 1.76 bits per heavy atom. The second-order valence-corrected chi connectivity index (χ2v) is 6.11. The fourth-order valence-corrected chi connectivity index (χ4v) is 3.35. The Hall–Kier alpha value is -1.71. The molecule has 2 unspecified atom stereocenters. The monoisotopic (exact) mass is 362 g/mol. The van der Waals surface area contributed by atoms with Crippen molar-refractivity contribution >= 4 is 11.6 Å². The van der Waals surface area contributed by atoms with Gasteiger partial charge in [-0.25, -0.2) is 0 Å².